The molecule has 132 valence electrons. The Bertz CT molecular complexity index is 678. The first-order valence-corrected chi connectivity index (χ1v) is 9.54. The molecule has 0 unspecified atom stereocenters. The maximum absolute atomic E-state index is 12.3. The van der Waals surface area contributed by atoms with E-state index in [1.54, 1.807) is 0 Å². The molecule has 0 radical (unpaired) electrons. The van der Waals surface area contributed by atoms with E-state index in [4.69, 9.17) is 0 Å². The molecule has 0 aromatic heterocycles. The Morgan fingerprint density at radius 3 is 2.50 bits per heavy atom. The first-order valence-electron chi connectivity index (χ1n) is 8.06. The van der Waals surface area contributed by atoms with Gasteiger partial charge in [0.2, 0.25) is 10.0 Å². The topological polar surface area (TPSA) is 87.3 Å². The third-order valence-corrected chi connectivity index (χ3v) is 5.77. The Hall–Kier alpha value is -1.70. The second-order valence-corrected chi connectivity index (χ2v) is 8.18. The van der Waals surface area contributed by atoms with Gasteiger partial charge in [-0.3, -0.25) is 4.79 Å². The maximum Gasteiger partial charge on any atom is 0.251 e. The molecule has 0 atom stereocenters. The molecule has 1 fully saturated rings. The lowest BCUT2D eigenvalue weighted by Gasteiger charge is -2.34. The van der Waals surface area contributed by atoms with E-state index in [2.05, 4.69) is 28.9 Å². The van der Waals surface area contributed by atoms with Crippen molar-refractivity contribution in [2.45, 2.75) is 24.7 Å². The smallest absolute Gasteiger partial charge is 0.251 e. The van der Waals surface area contributed by atoms with E-state index in [1.165, 1.54) is 30.3 Å². The summed E-state index contributed by atoms with van der Waals surface area (Å²) in [5.74, 6) is -0.183. The minimum atomic E-state index is -3.56. The number of carbonyl (C=O) groups excluding carboxylic acids is 1. The van der Waals surface area contributed by atoms with Crippen LogP contribution in [0.25, 0.3) is 0 Å². The van der Waals surface area contributed by atoms with Crippen molar-refractivity contribution in [1.82, 2.24) is 15.4 Å². The first kappa shape index (κ1) is 18.6. The number of carbonyl (C=O) groups is 1. The fourth-order valence-corrected chi connectivity index (χ4v) is 3.64. The molecule has 3 N–H and O–H groups in total. The van der Waals surface area contributed by atoms with Crippen LogP contribution >= 0.6 is 0 Å². The maximum atomic E-state index is 12.3. The molecule has 24 heavy (non-hydrogen) atoms. The summed E-state index contributed by atoms with van der Waals surface area (Å²) in [7, 11) is -3.56. The molecule has 1 aromatic carbocycles. The van der Waals surface area contributed by atoms with E-state index in [0.717, 1.165) is 25.9 Å². The number of benzene rings is 1. The Morgan fingerprint density at radius 2 is 1.92 bits per heavy atom. The first-order chi connectivity index (χ1) is 11.4. The van der Waals surface area contributed by atoms with Gasteiger partial charge in [0.15, 0.2) is 0 Å². The van der Waals surface area contributed by atoms with E-state index in [9.17, 15) is 13.2 Å². The lowest BCUT2D eigenvalue weighted by atomic mass is 9.81. The monoisotopic (exact) mass is 351 g/mol. The van der Waals surface area contributed by atoms with Crippen molar-refractivity contribution < 1.29 is 13.2 Å². The van der Waals surface area contributed by atoms with E-state index in [0.29, 0.717) is 12.1 Å². The molecule has 0 aliphatic carbocycles. The molecule has 1 amide bonds. The van der Waals surface area contributed by atoms with Crippen LogP contribution in [0.4, 0.5) is 0 Å². The summed E-state index contributed by atoms with van der Waals surface area (Å²) in [6.45, 7) is 8.37. The van der Waals surface area contributed by atoms with E-state index < -0.39 is 10.0 Å². The summed E-state index contributed by atoms with van der Waals surface area (Å²) >= 11 is 0. The highest BCUT2D eigenvalue weighted by Crippen LogP contribution is 2.26. The van der Waals surface area contributed by atoms with Crippen molar-refractivity contribution >= 4 is 15.9 Å². The molecule has 6 nitrogen and oxygen atoms in total. The Morgan fingerprint density at radius 1 is 1.29 bits per heavy atom. The van der Waals surface area contributed by atoms with Crippen LogP contribution in [0.1, 0.15) is 30.1 Å². The zero-order valence-corrected chi connectivity index (χ0v) is 14.8. The van der Waals surface area contributed by atoms with Crippen LogP contribution in [0.2, 0.25) is 0 Å². The van der Waals surface area contributed by atoms with Crippen molar-refractivity contribution in [1.29, 1.82) is 0 Å². The van der Waals surface area contributed by atoms with Gasteiger partial charge in [-0.2, -0.15) is 0 Å². The van der Waals surface area contributed by atoms with Crippen molar-refractivity contribution in [3.63, 3.8) is 0 Å². The summed E-state index contributed by atoms with van der Waals surface area (Å²) in [5, 5.41) is 6.27. The predicted molar refractivity (Wildman–Crippen MR) is 94.4 cm³/mol. The van der Waals surface area contributed by atoms with Gasteiger partial charge >= 0.3 is 0 Å². The van der Waals surface area contributed by atoms with E-state index in [1.807, 2.05) is 0 Å². The van der Waals surface area contributed by atoms with Crippen molar-refractivity contribution in [3.05, 3.63) is 42.5 Å². The van der Waals surface area contributed by atoms with Gasteiger partial charge < -0.3 is 10.6 Å². The normalized spacial score (nSPS) is 17.2. The number of sulfonamides is 1. The summed E-state index contributed by atoms with van der Waals surface area (Å²) in [6, 6.07) is 5.93. The van der Waals surface area contributed by atoms with Gasteiger partial charge in [-0.05, 0) is 55.6 Å². The summed E-state index contributed by atoms with van der Waals surface area (Å²) in [6.07, 6.45) is 3.53. The average Bonchev–Trinajstić information content (AvgIpc) is 2.59. The Labute approximate surface area is 143 Å². The largest absolute Gasteiger partial charge is 0.351 e. The number of amides is 1. The van der Waals surface area contributed by atoms with Crippen LogP contribution in [0, 0.1) is 5.41 Å². The van der Waals surface area contributed by atoms with Gasteiger partial charge in [0, 0.05) is 18.7 Å². The summed E-state index contributed by atoms with van der Waals surface area (Å²) < 4.78 is 26.4. The average molecular weight is 351 g/mol. The van der Waals surface area contributed by atoms with Gasteiger partial charge in [0.05, 0.1) is 4.90 Å². The molecular formula is C17H25N3O3S. The van der Waals surface area contributed by atoms with Gasteiger partial charge in [-0.15, -0.1) is 6.58 Å². The second kappa shape index (κ2) is 7.92. The molecule has 0 spiro atoms. The molecule has 2 rings (SSSR count). The van der Waals surface area contributed by atoms with Crippen molar-refractivity contribution in [3.8, 4) is 0 Å². The van der Waals surface area contributed by atoms with Crippen LogP contribution in [-0.4, -0.2) is 40.5 Å². The van der Waals surface area contributed by atoms with Gasteiger partial charge in [-0.1, -0.05) is 13.0 Å². The highest BCUT2D eigenvalue weighted by Gasteiger charge is 2.27. The Kier molecular flexibility index (Phi) is 6.15. The lowest BCUT2D eigenvalue weighted by molar-refractivity contribution is 0.0922. The molecule has 7 heteroatoms. The standard InChI is InChI=1S/C17H25N3O3S/c1-3-10-20-24(22,23)15-6-4-14(5-7-15)16(21)19-13-17(2)8-11-18-12-9-17/h3-7,18,20H,1,8-13H2,2H3,(H,19,21). The minimum absolute atomic E-state index is 0.110. The minimum Gasteiger partial charge on any atom is -0.351 e. The number of hydrogen-bond donors (Lipinski definition) is 3. The number of hydrogen-bond acceptors (Lipinski definition) is 4. The fraction of sp³-hybridized carbons (Fsp3) is 0.471. The molecule has 1 aromatic rings. The SMILES string of the molecule is C=CCNS(=O)(=O)c1ccc(C(=O)NCC2(C)CCNCC2)cc1. The lowest BCUT2D eigenvalue weighted by Crippen LogP contribution is -2.42. The number of rotatable bonds is 7. The molecular weight excluding hydrogens is 326 g/mol. The highest BCUT2D eigenvalue weighted by molar-refractivity contribution is 7.89. The second-order valence-electron chi connectivity index (χ2n) is 6.41. The van der Waals surface area contributed by atoms with E-state index >= 15 is 0 Å². The highest BCUT2D eigenvalue weighted by atomic mass is 32.2. The third kappa shape index (κ3) is 4.90. The van der Waals surface area contributed by atoms with Gasteiger partial charge in [0.25, 0.3) is 5.91 Å². The Balaban J connectivity index is 1.97. The molecule has 1 aliphatic heterocycles. The molecule has 0 saturated carbocycles. The molecule has 1 aliphatic rings. The molecule has 1 saturated heterocycles. The predicted octanol–water partition coefficient (Wildman–Crippen LogP) is 1.27. The van der Waals surface area contributed by atoms with Crippen LogP contribution < -0.4 is 15.4 Å². The fourth-order valence-electron chi connectivity index (χ4n) is 2.64. The van der Waals surface area contributed by atoms with Gasteiger partial charge in [-0.25, -0.2) is 13.1 Å². The van der Waals surface area contributed by atoms with Gasteiger partial charge in [0.1, 0.15) is 0 Å². The van der Waals surface area contributed by atoms with Crippen LogP contribution in [0.3, 0.4) is 0 Å². The van der Waals surface area contributed by atoms with Crippen molar-refractivity contribution in [2.75, 3.05) is 26.2 Å². The van der Waals surface area contributed by atoms with Crippen LogP contribution in [0.5, 0.6) is 0 Å². The summed E-state index contributed by atoms with van der Waals surface area (Å²) in [5.41, 5.74) is 0.564. The quantitative estimate of drug-likeness (QED) is 0.646. The zero-order valence-electron chi connectivity index (χ0n) is 14.0. The summed E-state index contributed by atoms with van der Waals surface area (Å²) in [4.78, 5) is 12.4. The number of nitrogens with one attached hydrogen (secondary N) is 3. The zero-order chi connectivity index (χ0) is 17.6. The van der Waals surface area contributed by atoms with Crippen molar-refractivity contribution in [2.24, 2.45) is 5.41 Å². The molecule has 1 heterocycles. The van der Waals surface area contributed by atoms with Crippen LogP contribution in [-0.2, 0) is 10.0 Å². The van der Waals surface area contributed by atoms with E-state index in [-0.39, 0.29) is 22.8 Å². The third-order valence-electron chi connectivity index (χ3n) is 4.33. The number of piperidine rings is 1. The molecule has 0 bridgehead atoms. The van der Waals surface area contributed by atoms with Crippen LogP contribution in [0.15, 0.2) is 41.8 Å².